The summed E-state index contributed by atoms with van der Waals surface area (Å²) in [7, 11) is -2.14. The molecule has 1 aliphatic heterocycles. The van der Waals surface area contributed by atoms with Gasteiger partial charge in [0, 0.05) is 43.3 Å². The van der Waals surface area contributed by atoms with Crippen molar-refractivity contribution in [3.8, 4) is 11.4 Å². The van der Waals surface area contributed by atoms with Crippen LogP contribution in [-0.4, -0.2) is 62.2 Å². The van der Waals surface area contributed by atoms with Gasteiger partial charge in [0.2, 0.25) is 0 Å². The number of aromatic nitrogens is 3. The van der Waals surface area contributed by atoms with Gasteiger partial charge < -0.3 is 20.3 Å². The maximum atomic E-state index is 13.7. The monoisotopic (exact) mass is 508 g/mol. The predicted octanol–water partition coefficient (Wildman–Crippen LogP) is 2.98. The van der Waals surface area contributed by atoms with Crippen molar-refractivity contribution in [1.82, 2.24) is 20.3 Å². The molecule has 2 aliphatic rings. The van der Waals surface area contributed by atoms with Crippen LogP contribution in [0.3, 0.4) is 0 Å². The standard InChI is InChI=1S/C25H28N6O4S/c1-17-16-35-14-13-31(17)22-15-21(25(9-10-25)36(33,34)20-7-11-27-12-8-20)29-23(30-22)18-3-5-19(6-4-18)28-24(32)26-2/h3-8,11-12,15,17H,9-10,13-14,16H2,1-2H3,(H2,26,28,32)/t17-/m0/s1. The Balaban J connectivity index is 1.59. The lowest BCUT2D eigenvalue weighted by molar-refractivity contribution is 0.0985. The fraction of sp³-hybridized carbons (Fsp3) is 0.360. The summed E-state index contributed by atoms with van der Waals surface area (Å²) >= 11 is 0. The molecule has 3 aromatic rings. The van der Waals surface area contributed by atoms with E-state index in [-0.39, 0.29) is 17.0 Å². The van der Waals surface area contributed by atoms with Gasteiger partial charge in [-0.05, 0) is 56.2 Å². The molecule has 0 radical (unpaired) electrons. The molecule has 5 rings (SSSR count). The zero-order chi connectivity index (χ0) is 25.3. The van der Waals surface area contributed by atoms with Gasteiger partial charge >= 0.3 is 6.03 Å². The van der Waals surface area contributed by atoms with Crippen molar-refractivity contribution in [3.63, 3.8) is 0 Å². The molecule has 0 unspecified atom stereocenters. The third-order valence-electron chi connectivity index (χ3n) is 6.65. The minimum absolute atomic E-state index is 0.0837. The summed E-state index contributed by atoms with van der Waals surface area (Å²) in [5, 5.41) is 5.24. The minimum atomic E-state index is -3.69. The lowest BCUT2D eigenvalue weighted by atomic mass is 10.1. The van der Waals surface area contributed by atoms with Crippen LogP contribution in [0.1, 0.15) is 25.5 Å². The van der Waals surface area contributed by atoms with Gasteiger partial charge in [-0.1, -0.05) is 0 Å². The molecule has 1 aromatic carbocycles. The van der Waals surface area contributed by atoms with E-state index in [9.17, 15) is 13.2 Å². The predicted molar refractivity (Wildman–Crippen MR) is 136 cm³/mol. The first-order valence-electron chi connectivity index (χ1n) is 11.8. The minimum Gasteiger partial charge on any atom is -0.377 e. The third kappa shape index (κ3) is 4.40. The van der Waals surface area contributed by atoms with Crippen LogP contribution in [0.4, 0.5) is 16.3 Å². The first-order chi connectivity index (χ1) is 17.3. The van der Waals surface area contributed by atoms with Crippen molar-refractivity contribution in [2.45, 2.75) is 35.4 Å². The van der Waals surface area contributed by atoms with Crippen LogP contribution in [0.25, 0.3) is 11.4 Å². The van der Waals surface area contributed by atoms with E-state index in [1.54, 1.807) is 19.2 Å². The van der Waals surface area contributed by atoms with Crippen LogP contribution in [0, 0.1) is 0 Å². The molecule has 3 heterocycles. The number of anilines is 2. The first kappa shape index (κ1) is 24.1. The second-order valence-corrected chi connectivity index (χ2v) is 11.3. The number of urea groups is 1. The fourth-order valence-electron chi connectivity index (χ4n) is 4.43. The number of benzene rings is 1. The Labute approximate surface area is 210 Å². The number of nitrogens with one attached hydrogen (secondary N) is 2. The Morgan fingerprint density at radius 2 is 1.83 bits per heavy atom. The highest BCUT2D eigenvalue weighted by Crippen LogP contribution is 2.55. The van der Waals surface area contributed by atoms with E-state index in [1.165, 1.54) is 24.5 Å². The van der Waals surface area contributed by atoms with E-state index in [4.69, 9.17) is 14.7 Å². The number of carbonyl (C=O) groups is 1. The van der Waals surface area contributed by atoms with Crippen LogP contribution in [0.5, 0.6) is 0 Å². The molecule has 1 saturated carbocycles. The van der Waals surface area contributed by atoms with E-state index >= 15 is 0 Å². The van der Waals surface area contributed by atoms with Crippen molar-refractivity contribution >= 4 is 27.4 Å². The van der Waals surface area contributed by atoms with E-state index in [0.717, 1.165) is 5.56 Å². The summed E-state index contributed by atoms with van der Waals surface area (Å²) in [6, 6.07) is 11.8. The Morgan fingerprint density at radius 3 is 2.47 bits per heavy atom. The Bertz CT molecular complexity index is 1360. The zero-order valence-electron chi connectivity index (χ0n) is 20.1. The lowest BCUT2D eigenvalue weighted by Crippen LogP contribution is -2.44. The SMILES string of the molecule is CNC(=O)Nc1ccc(-c2nc(N3CCOC[C@@H]3C)cc(C3(S(=O)(=O)c4ccncc4)CC3)n2)cc1. The van der Waals surface area contributed by atoms with Crippen LogP contribution >= 0.6 is 0 Å². The Hall–Kier alpha value is -3.57. The van der Waals surface area contributed by atoms with Gasteiger partial charge in [0.05, 0.1) is 29.8 Å². The van der Waals surface area contributed by atoms with Crippen molar-refractivity contribution in [3.05, 3.63) is 60.6 Å². The second-order valence-electron chi connectivity index (χ2n) is 9.01. The molecule has 2 aromatic heterocycles. The molecule has 188 valence electrons. The largest absolute Gasteiger partial charge is 0.377 e. The zero-order valence-corrected chi connectivity index (χ0v) is 21.0. The van der Waals surface area contributed by atoms with Crippen LogP contribution in [0.2, 0.25) is 0 Å². The molecular weight excluding hydrogens is 480 g/mol. The topological polar surface area (TPSA) is 126 Å². The van der Waals surface area contributed by atoms with Crippen LogP contribution in [0.15, 0.2) is 59.8 Å². The maximum absolute atomic E-state index is 13.7. The number of hydrogen-bond acceptors (Lipinski definition) is 8. The van der Waals surface area contributed by atoms with Crippen LogP contribution < -0.4 is 15.5 Å². The second kappa shape index (κ2) is 9.47. The highest BCUT2D eigenvalue weighted by molar-refractivity contribution is 7.92. The molecule has 10 nitrogen and oxygen atoms in total. The van der Waals surface area contributed by atoms with E-state index < -0.39 is 14.6 Å². The Kier molecular flexibility index (Phi) is 6.35. The van der Waals surface area contributed by atoms with Gasteiger partial charge in [-0.3, -0.25) is 4.98 Å². The normalized spacial score (nSPS) is 18.9. The molecule has 2 amide bonds. The first-order valence-corrected chi connectivity index (χ1v) is 13.3. The van der Waals surface area contributed by atoms with E-state index in [2.05, 4.69) is 27.4 Å². The number of sulfone groups is 1. The Morgan fingerprint density at radius 1 is 1.11 bits per heavy atom. The van der Waals surface area contributed by atoms with E-state index in [0.29, 0.717) is 55.6 Å². The number of nitrogens with zero attached hydrogens (tertiary/aromatic N) is 4. The van der Waals surface area contributed by atoms with Crippen molar-refractivity contribution in [2.75, 3.05) is 37.0 Å². The molecule has 2 fully saturated rings. The van der Waals surface area contributed by atoms with Crippen molar-refractivity contribution in [2.24, 2.45) is 0 Å². The molecule has 0 spiro atoms. The number of hydrogen-bond donors (Lipinski definition) is 2. The lowest BCUT2D eigenvalue weighted by Gasteiger charge is -2.34. The molecule has 2 N–H and O–H groups in total. The molecule has 0 bridgehead atoms. The van der Waals surface area contributed by atoms with Gasteiger partial charge in [-0.2, -0.15) is 0 Å². The van der Waals surface area contributed by atoms with Gasteiger partial charge in [0.25, 0.3) is 0 Å². The van der Waals surface area contributed by atoms with Gasteiger partial charge in [0.1, 0.15) is 10.6 Å². The summed E-state index contributed by atoms with van der Waals surface area (Å²) in [4.78, 5) is 27.6. The van der Waals surface area contributed by atoms with Crippen molar-refractivity contribution < 1.29 is 17.9 Å². The summed E-state index contributed by atoms with van der Waals surface area (Å²) in [5.74, 6) is 1.11. The highest BCUT2D eigenvalue weighted by atomic mass is 32.2. The summed E-state index contributed by atoms with van der Waals surface area (Å²) in [6.45, 7) is 3.84. The van der Waals surface area contributed by atoms with Crippen molar-refractivity contribution in [1.29, 1.82) is 0 Å². The van der Waals surface area contributed by atoms with Crippen LogP contribution in [-0.2, 0) is 19.3 Å². The fourth-order valence-corrected chi connectivity index (χ4v) is 6.38. The molecule has 1 atom stereocenters. The average molecular weight is 509 g/mol. The van der Waals surface area contributed by atoms with Gasteiger partial charge in [-0.25, -0.2) is 23.2 Å². The number of morpholine rings is 1. The quantitative estimate of drug-likeness (QED) is 0.520. The van der Waals surface area contributed by atoms with Gasteiger partial charge in [-0.15, -0.1) is 0 Å². The average Bonchev–Trinajstić information content (AvgIpc) is 3.72. The summed E-state index contributed by atoms with van der Waals surface area (Å²) in [6.07, 6.45) is 3.95. The number of pyridine rings is 1. The summed E-state index contributed by atoms with van der Waals surface area (Å²) in [5.41, 5.74) is 1.83. The number of rotatable bonds is 6. The highest BCUT2D eigenvalue weighted by Gasteiger charge is 2.58. The number of amides is 2. The molecule has 1 aliphatic carbocycles. The molecular formula is C25H28N6O4S. The number of carbonyl (C=O) groups excluding carboxylic acids is 1. The smallest absolute Gasteiger partial charge is 0.318 e. The molecule has 36 heavy (non-hydrogen) atoms. The number of ether oxygens (including phenoxy) is 1. The summed E-state index contributed by atoms with van der Waals surface area (Å²) < 4.78 is 31.9. The third-order valence-corrected chi connectivity index (χ3v) is 9.19. The van der Waals surface area contributed by atoms with Gasteiger partial charge in [0.15, 0.2) is 15.7 Å². The molecule has 1 saturated heterocycles. The van der Waals surface area contributed by atoms with E-state index in [1.807, 2.05) is 18.2 Å². The molecule has 11 heteroatoms. The maximum Gasteiger partial charge on any atom is 0.318 e.